The molecule has 0 spiro atoms. The van der Waals surface area contributed by atoms with E-state index in [0.717, 1.165) is 10.0 Å². The highest BCUT2D eigenvalue weighted by Crippen LogP contribution is 2.19. The van der Waals surface area contributed by atoms with Crippen molar-refractivity contribution in [2.45, 2.75) is 19.3 Å². The SMILES string of the molecule is O=C(O)CCc1ccc(Br)c(CC(=O)O)c1. The van der Waals surface area contributed by atoms with E-state index in [1.165, 1.54) is 0 Å². The number of rotatable bonds is 5. The van der Waals surface area contributed by atoms with Crippen molar-refractivity contribution in [2.24, 2.45) is 0 Å². The van der Waals surface area contributed by atoms with Gasteiger partial charge in [-0.05, 0) is 23.6 Å². The molecule has 0 amide bonds. The molecular weight excluding hydrogens is 276 g/mol. The number of halogens is 1. The second-order valence-corrected chi connectivity index (χ2v) is 4.24. The zero-order valence-corrected chi connectivity index (χ0v) is 10.0. The Morgan fingerprint density at radius 1 is 1.19 bits per heavy atom. The normalized spacial score (nSPS) is 10.1. The quantitative estimate of drug-likeness (QED) is 0.869. The van der Waals surface area contributed by atoms with Gasteiger partial charge < -0.3 is 10.2 Å². The first kappa shape index (κ1) is 12.7. The van der Waals surface area contributed by atoms with E-state index in [9.17, 15) is 9.59 Å². The van der Waals surface area contributed by atoms with E-state index in [-0.39, 0.29) is 12.8 Å². The summed E-state index contributed by atoms with van der Waals surface area (Å²) in [5.41, 5.74) is 1.50. The van der Waals surface area contributed by atoms with Crippen LogP contribution < -0.4 is 0 Å². The molecule has 0 aliphatic rings. The highest BCUT2D eigenvalue weighted by Gasteiger charge is 2.07. The molecule has 0 unspecified atom stereocenters. The molecule has 0 radical (unpaired) electrons. The molecule has 0 atom stereocenters. The van der Waals surface area contributed by atoms with Crippen molar-refractivity contribution in [2.75, 3.05) is 0 Å². The van der Waals surface area contributed by atoms with Gasteiger partial charge in [0.05, 0.1) is 6.42 Å². The lowest BCUT2D eigenvalue weighted by atomic mass is 10.0. The first-order valence-electron chi connectivity index (χ1n) is 4.70. The Hall–Kier alpha value is -1.36. The summed E-state index contributed by atoms with van der Waals surface area (Å²) in [6.45, 7) is 0. The largest absolute Gasteiger partial charge is 0.481 e. The van der Waals surface area contributed by atoms with Crippen molar-refractivity contribution in [3.05, 3.63) is 33.8 Å². The van der Waals surface area contributed by atoms with Gasteiger partial charge in [0.1, 0.15) is 0 Å². The lowest BCUT2D eigenvalue weighted by molar-refractivity contribution is -0.137. The molecule has 0 aliphatic heterocycles. The second kappa shape index (κ2) is 5.65. The molecular formula is C11H11BrO4. The molecule has 5 heteroatoms. The molecule has 0 fully saturated rings. The molecule has 86 valence electrons. The standard InChI is InChI=1S/C11H11BrO4/c12-9-3-1-7(2-4-10(13)14)5-8(9)6-11(15)16/h1,3,5H,2,4,6H2,(H,13,14)(H,15,16). The van der Waals surface area contributed by atoms with E-state index in [0.29, 0.717) is 12.0 Å². The summed E-state index contributed by atoms with van der Waals surface area (Å²) in [6.07, 6.45) is 0.394. The summed E-state index contributed by atoms with van der Waals surface area (Å²) < 4.78 is 0.731. The van der Waals surface area contributed by atoms with Crippen molar-refractivity contribution < 1.29 is 19.8 Å². The van der Waals surface area contributed by atoms with Crippen LogP contribution in [0.4, 0.5) is 0 Å². The highest BCUT2D eigenvalue weighted by molar-refractivity contribution is 9.10. The zero-order valence-electron chi connectivity index (χ0n) is 8.44. The Labute approximate surface area is 101 Å². The lowest BCUT2D eigenvalue weighted by Crippen LogP contribution is -2.03. The molecule has 0 heterocycles. The van der Waals surface area contributed by atoms with Crippen LogP contribution in [0.5, 0.6) is 0 Å². The van der Waals surface area contributed by atoms with Gasteiger partial charge in [-0.1, -0.05) is 28.1 Å². The number of hydrogen-bond acceptors (Lipinski definition) is 2. The first-order valence-corrected chi connectivity index (χ1v) is 5.49. The maximum absolute atomic E-state index is 10.6. The molecule has 0 saturated carbocycles. The average molecular weight is 287 g/mol. The van der Waals surface area contributed by atoms with Crippen LogP contribution in [0.3, 0.4) is 0 Å². The fraction of sp³-hybridized carbons (Fsp3) is 0.273. The van der Waals surface area contributed by atoms with Gasteiger partial charge in [0.25, 0.3) is 0 Å². The molecule has 16 heavy (non-hydrogen) atoms. The van der Waals surface area contributed by atoms with Gasteiger partial charge in [-0.3, -0.25) is 9.59 Å². The topological polar surface area (TPSA) is 74.6 Å². The molecule has 4 nitrogen and oxygen atoms in total. The Kier molecular flexibility index (Phi) is 4.49. The number of carbonyl (C=O) groups is 2. The number of hydrogen-bond donors (Lipinski definition) is 2. The number of aliphatic carboxylic acids is 2. The minimum Gasteiger partial charge on any atom is -0.481 e. The Balaban J connectivity index is 2.80. The maximum Gasteiger partial charge on any atom is 0.307 e. The van der Waals surface area contributed by atoms with E-state index < -0.39 is 11.9 Å². The van der Waals surface area contributed by atoms with Gasteiger partial charge in [-0.15, -0.1) is 0 Å². The zero-order chi connectivity index (χ0) is 12.1. The van der Waals surface area contributed by atoms with E-state index in [4.69, 9.17) is 10.2 Å². The van der Waals surface area contributed by atoms with Crippen LogP contribution in [0, 0.1) is 0 Å². The van der Waals surface area contributed by atoms with E-state index in [2.05, 4.69) is 15.9 Å². The van der Waals surface area contributed by atoms with Crippen LogP contribution in [0.15, 0.2) is 22.7 Å². The summed E-state index contributed by atoms with van der Waals surface area (Å²) in [6, 6.07) is 5.26. The minimum absolute atomic E-state index is 0.0497. The number of carboxylic acid groups (broad SMARTS) is 2. The van der Waals surface area contributed by atoms with Gasteiger partial charge in [0, 0.05) is 10.9 Å². The molecule has 1 aromatic rings. The maximum atomic E-state index is 10.6. The fourth-order valence-corrected chi connectivity index (χ4v) is 1.72. The van der Waals surface area contributed by atoms with E-state index in [1.54, 1.807) is 18.2 Å². The number of aryl methyl sites for hydroxylation is 1. The third-order valence-electron chi connectivity index (χ3n) is 2.08. The summed E-state index contributed by atoms with van der Waals surface area (Å²) in [5.74, 6) is -1.77. The average Bonchev–Trinajstić information content (AvgIpc) is 2.18. The van der Waals surface area contributed by atoms with Crippen LogP contribution in [0.1, 0.15) is 17.5 Å². The monoisotopic (exact) mass is 286 g/mol. The van der Waals surface area contributed by atoms with E-state index >= 15 is 0 Å². The van der Waals surface area contributed by atoms with Crippen molar-refractivity contribution >= 4 is 27.9 Å². The summed E-state index contributed by atoms with van der Waals surface area (Å²) in [7, 11) is 0. The number of carboxylic acids is 2. The molecule has 0 aliphatic carbocycles. The molecule has 1 rings (SSSR count). The summed E-state index contributed by atoms with van der Waals surface area (Å²) >= 11 is 3.26. The highest BCUT2D eigenvalue weighted by atomic mass is 79.9. The van der Waals surface area contributed by atoms with Crippen LogP contribution in [0.25, 0.3) is 0 Å². The molecule has 0 saturated heterocycles. The number of benzene rings is 1. The van der Waals surface area contributed by atoms with Crippen LogP contribution in [0.2, 0.25) is 0 Å². The van der Waals surface area contributed by atoms with E-state index in [1.807, 2.05) is 0 Å². The Morgan fingerprint density at radius 2 is 1.88 bits per heavy atom. The molecule has 2 N–H and O–H groups in total. The van der Waals surface area contributed by atoms with Crippen LogP contribution >= 0.6 is 15.9 Å². The minimum atomic E-state index is -0.906. The Bertz CT molecular complexity index is 414. The van der Waals surface area contributed by atoms with Crippen molar-refractivity contribution in [1.29, 1.82) is 0 Å². The summed E-state index contributed by atoms with van der Waals surface area (Å²) in [5, 5.41) is 17.2. The lowest BCUT2D eigenvalue weighted by Gasteiger charge is -2.05. The van der Waals surface area contributed by atoms with Crippen molar-refractivity contribution in [3.8, 4) is 0 Å². The molecule has 1 aromatic carbocycles. The molecule has 0 aromatic heterocycles. The Morgan fingerprint density at radius 3 is 2.44 bits per heavy atom. The van der Waals surface area contributed by atoms with Crippen LogP contribution in [-0.4, -0.2) is 22.2 Å². The van der Waals surface area contributed by atoms with Gasteiger partial charge in [-0.25, -0.2) is 0 Å². The summed E-state index contributed by atoms with van der Waals surface area (Å²) in [4.78, 5) is 21.0. The van der Waals surface area contributed by atoms with Crippen LogP contribution in [-0.2, 0) is 22.4 Å². The van der Waals surface area contributed by atoms with Gasteiger partial charge >= 0.3 is 11.9 Å². The van der Waals surface area contributed by atoms with Gasteiger partial charge in [-0.2, -0.15) is 0 Å². The van der Waals surface area contributed by atoms with Crippen molar-refractivity contribution in [1.82, 2.24) is 0 Å². The van der Waals surface area contributed by atoms with Gasteiger partial charge in [0.2, 0.25) is 0 Å². The van der Waals surface area contributed by atoms with Crippen molar-refractivity contribution in [3.63, 3.8) is 0 Å². The smallest absolute Gasteiger partial charge is 0.307 e. The first-order chi connectivity index (χ1) is 7.49. The third kappa shape index (κ3) is 4.02. The second-order valence-electron chi connectivity index (χ2n) is 3.39. The predicted octanol–water partition coefficient (Wildman–Crippen LogP) is 2.09. The predicted molar refractivity (Wildman–Crippen MR) is 61.4 cm³/mol. The molecule has 0 bridgehead atoms. The third-order valence-corrected chi connectivity index (χ3v) is 2.85. The van der Waals surface area contributed by atoms with Gasteiger partial charge in [0.15, 0.2) is 0 Å². The fourth-order valence-electron chi connectivity index (χ4n) is 1.33.